The minimum Gasteiger partial charge on any atom is -0.497 e. The van der Waals surface area contributed by atoms with Crippen LogP contribution in [0.1, 0.15) is 22.0 Å². The summed E-state index contributed by atoms with van der Waals surface area (Å²) in [4.78, 5) is 16.7. The Bertz CT molecular complexity index is 1220. The summed E-state index contributed by atoms with van der Waals surface area (Å²) in [5.74, 6) is 0.410. The van der Waals surface area contributed by atoms with Crippen molar-refractivity contribution in [2.24, 2.45) is 0 Å². The summed E-state index contributed by atoms with van der Waals surface area (Å²) in [5.41, 5.74) is 2.43. The van der Waals surface area contributed by atoms with Crippen LogP contribution in [-0.2, 0) is 0 Å². The number of carbonyl (C=O) groups is 1. The first-order valence-electron chi connectivity index (χ1n) is 10.1. The topological polar surface area (TPSA) is 83.6 Å². The molecule has 7 heteroatoms. The number of anilines is 1. The van der Waals surface area contributed by atoms with Crippen LogP contribution in [-0.4, -0.2) is 36.2 Å². The lowest BCUT2D eigenvalue weighted by Gasteiger charge is -2.20. The number of fused-ring (bicyclic) bond motifs is 1. The van der Waals surface area contributed by atoms with Crippen LogP contribution in [0.3, 0.4) is 0 Å². The van der Waals surface area contributed by atoms with Crippen molar-refractivity contribution in [2.75, 3.05) is 25.6 Å². The normalized spacial score (nSPS) is 11.8. The van der Waals surface area contributed by atoms with E-state index in [-0.39, 0.29) is 19.0 Å². The number of carbonyl (C=O) groups excluding carboxylic acids is 1. The minimum absolute atomic E-state index is 0.123. The van der Waals surface area contributed by atoms with Crippen LogP contribution in [0.2, 0.25) is 0 Å². The molecule has 6 nitrogen and oxygen atoms in total. The van der Waals surface area contributed by atoms with Crippen LogP contribution in [0.25, 0.3) is 10.9 Å². The van der Waals surface area contributed by atoms with Gasteiger partial charge in [0, 0.05) is 46.5 Å². The van der Waals surface area contributed by atoms with Gasteiger partial charge in [-0.25, -0.2) is 4.39 Å². The molecule has 1 heterocycles. The number of methoxy groups -OCH3 is 1. The Kier molecular flexibility index (Phi) is 6.37. The van der Waals surface area contributed by atoms with Crippen LogP contribution in [0.15, 0.2) is 72.9 Å². The van der Waals surface area contributed by atoms with Crippen molar-refractivity contribution in [1.29, 1.82) is 0 Å². The second-order valence-electron chi connectivity index (χ2n) is 7.21. The molecular formula is C25H23FN2O4. The van der Waals surface area contributed by atoms with E-state index in [9.17, 15) is 9.18 Å². The van der Waals surface area contributed by atoms with Crippen LogP contribution in [0.5, 0.6) is 11.5 Å². The van der Waals surface area contributed by atoms with E-state index in [0.717, 1.165) is 5.56 Å². The molecule has 1 atom stereocenters. The number of H-pyrrole nitrogens is 1. The molecule has 0 bridgehead atoms. The summed E-state index contributed by atoms with van der Waals surface area (Å²) in [6.07, 6.45) is 1.60. The molecule has 0 amide bonds. The first-order chi connectivity index (χ1) is 15.6. The second-order valence-corrected chi connectivity index (χ2v) is 7.21. The van der Waals surface area contributed by atoms with Gasteiger partial charge in [0.2, 0.25) is 0 Å². The third-order valence-corrected chi connectivity index (χ3v) is 5.09. The van der Waals surface area contributed by atoms with E-state index in [1.54, 1.807) is 30.5 Å². The molecule has 3 aromatic carbocycles. The average Bonchev–Trinajstić information content (AvgIpc) is 3.24. The van der Waals surface area contributed by atoms with Gasteiger partial charge in [-0.3, -0.25) is 4.79 Å². The van der Waals surface area contributed by atoms with Gasteiger partial charge in [-0.15, -0.1) is 0 Å². The predicted molar refractivity (Wildman–Crippen MR) is 121 cm³/mol. The lowest BCUT2D eigenvalue weighted by atomic mass is 9.96. The number of Topliss-reactive ketones (excluding diaryl/α,β-unsaturated/α-hetero) is 1. The van der Waals surface area contributed by atoms with Crippen LogP contribution in [0, 0.1) is 5.82 Å². The first-order valence-corrected chi connectivity index (χ1v) is 10.1. The van der Waals surface area contributed by atoms with E-state index in [0.29, 0.717) is 33.7 Å². The maximum atomic E-state index is 13.9. The summed E-state index contributed by atoms with van der Waals surface area (Å²) in [6.45, 7) is 0.0107. The molecule has 0 radical (unpaired) electrons. The minimum atomic E-state index is -0.740. The molecule has 4 aromatic rings. The molecule has 0 aliphatic rings. The fraction of sp³-hybridized carbons (Fsp3) is 0.160. The second kappa shape index (κ2) is 9.53. The van der Waals surface area contributed by atoms with Crippen molar-refractivity contribution in [2.45, 2.75) is 6.04 Å². The van der Waals surface area contributed by atoms with E-state index in [4.69, 9.17) is 14.6 Å². The van der Waals surface area contributed by atoms with Gasteiger partial charge in [0.1, 0.15) is 30.0 Å². The number of hydrogen-bond donors (Lipinski definition) is 3. The van der Waals surface area contributed by atoms with E-state index >= 15 is 0 Å². The highest BCUT2D eigenvalue weighted by molar-refractivity contribution is 6.11. The molecule has 32 heavy (non-hydrogen) atoms. The number of hydrogen-bond acceptors (Lipinski definition) is 5. The number of aromatic nitrogens is 1. The van der Waals surface area contributed by atoms with E-state index in [1.165, 1.54) is 19.2 Å². The smallest absolute Gasteiger partial charge is 0.191 e. The maximum absolute atomic E-state index is 13.9. The number of ketones is 1. The standard InChI is InChI=1S/C25H23FN2O4/c1-31-19-12-18(13-20(14-19)32-10-9-29)28-24(16-5-3-2-4-6-16)25(30)22-15-27-23-8-7-17(26)11-21(22)23/h2-8,11-15,24,27-29H,9-10H2,1H3. The van der Waals surface area contributed by atoms with Crippen molar-refractivity contribution in [3.05, 3.63) is 89.9 Å². The number of rotatable bonds is 9. The van der Waals surface area contributed by atoms with Gasteiger partial charge in [0.15, 0.2) is 5.78 Å². The van der Waals surface area contributed by atoms with E-state index in [2.05, 4.69) is 10.3 Å². The summed E-state index contributed by atoms with van der Waals surface area (Å²) in [5, 5.41) is 12.9. The van der Waals surface area contributed by atoms with E-state index < -0.39 is 11.9 Å². The largest absolute Gasteiger partial charge is 0.497 e. The Morgan fingerprint density at radius 1 is 1.09 bits per heavy atom. The van der Waals surface area contributed by atoms with Crippen molar-refractivity contribution in [3.8, 4) is 11.5 Å². The molecule has 0 saturated heterocycles. The summed E-state index contributed by atoms with van der Waals surface area (Å²) < 4.78 is 24.8. The molecule has 1 unspecified atom stereocenters. The van der Waals surface area contributed by atoms with Crippen LogP contribution < -0.4 is 14.8 Å². The number of aliphatic hydroxyl groups is 1. The maximum Gasteiger partial charge on any atom is 0.191 e. The van der Waals surface area contributed by atoms with Gasteiger partial charge < -0.3 is 24.9 Å². The number of halogens is 1. The molecule has 4 rings (SSSR count). The van der Waals surface area contributed by atoms with Crippen LogP contribution >= 0.6 is 0 Å². The fourth-order valence-corrected chi connectivity index (χ4v) is 3.58. The van der Waals surface area contributed by atoms with Crippen molar-refractivity contribution < 1.29 is 23.8 Å². The number of aromatic amines is 1. The Morgan fingerprint density at radius 3 is 2.62 bits per heavy atom. The lowest BCUT2D eigenvalue weighted by Crippen LogP contribution is -2.21. The third kappa shape index (κ3) is 4.58. The number of nitrogens with one attached hydrogen (secondary N) is 2. The monoisotopic (exact) mass is 434 g/mol. The quantitative estimate of drug-likeness (QED) is 0.332. The molecule has 3 N–H and O–H groups in total. The van der Waals surface area contributed by atoms with Gasteiger partial charge in [-0.05, 0) is 23.8 Å². The third-order valence-electron chi connectivity index (χ3n) is 5.09. The van der Waals surface area contributed by atoms with Gasteiger partial charge in [0.05, 0.1) is 13.7 Å². The van der Waals surface area contributed by atoms with E-state index in [1.807, 2.05) is 30.3 Å². The lowest BCUT2D eigenvalue weighted by molar-refractivity contribution is 0.0971. The van der Waals surface area contributed by atoms with Crippen molar-refractivity contribution in [3.63, 3.8) is 0 Å². The Morgan fingerprint density at radius 2 is 1.88 bits per heavy atom. The highest BCUT2D eigenvalue weighted by Gasteiger charge is 2.25. The predicted octanol–water partition coefficient (Wildman–Crippen LogP) is 4.72. The van der Waals surface area contributed by atoms with Crippen LogP contribution in [0.4, 0.5) is 10.1 Å². The van der Waals surface area contributed by atoms with Crippen molar-refractivity contribution >= 4 is 22.4 Å². The Hall–Kier alpha value is -3.84. The molecule has 164 valence electrons. The molecule has 1 aromatic heterocycles. The first kappa shape index (κ1) is 21.4. The SMILES string of the molecule is COc1cc(NC(C(=O)c2c[nH]c3ccc(F)cc23)c2ccccc2)cc(OCCO)c1. The number of ether oxygens (including phenoxy) is 2. The number of benzene rings is 3. The molecular weight excluding hydrogens is 411 g/mol. The number of aliphatic hydroxyl groups excluding tert-OH is 1. The molecule has 0 aliphatic heterocycles. The van der Waals surface area contributed by atoms with Gasteiger partial charge in [-0.2, -0.15) is 0 Å². The Labute approximate surface area is 184 Å². The fourth-order valence-electron chi connectivity index (χ4n) is 3.58. The van der Waals surface area contributed by atoms with Gasteiger partial charge in [0.25, 0.3) is 0 Å². The molecule has 0 spiro atoms. The molecule has 0 aliphatic carbocycles. The summed E-state index contributed by atoms with van der Waals surface area (Å²) in [7, 11) is 1.54. The van der Waals surface area contributed by atoms with Gasteiger partial charge >= 0.3 is 0 Å². The average molecular weight is 434 g/mol. The van der Waals surface area contributed by atoms with Crippen molar-refractivity contribution in [1.82, 2.24) is 4.98 Å². The molecule has 0 saturated carbocycles. The molecule has 0 fully saturated rings. The van der Waals surface area contributed by atoms with Gasteiger partial charge in [-0.1, -0.05) is 30.3 Å². The summed E-state index contributed by atoms with van der Waals surface area (Å²) >= 11 is 0. The zero-order valence-corrected chi connectivity index (χ0v) is 17.5. The highest BCUT2D eigenvalue weighted by Crippen LogP contribution is 2.32. The zero-order chi connectivity index (χ0) is 22.5. The zero-order valence-electron chi connectivity index (χ0n) is 17.5. The highest BCUT2D eigenvalue weighted by atomic mass is 19.1. The Balaban J connectivity index is 1.74. The summed E-state index contributed by atoms with van der Waals surface area (Å²) in [6, 6.07) is 18.1.